The number of nitrogens with one attached hydrogen (secondary N) is 2. The molecule has 0 radical (unpaired) electrons. The van der Waals surface area contributed by atoms with E-state index in [0.29, 0.717) is 22.8 Å². The second kappa shape index (κ2) is 10.0. The first-order valence-electron chi connectivity index (χ1n) is 11.1. The van der Waals surface area contributed by atoms with E-state index in [1.54, 1.807) is 24.5 Å². The Morgan fingerprint density at radius 3 is 2.61 bits per heavy atom. The molecule has 1 aliphatic heterocycles. The molecule has 4 aromatic rings. The number of nitrogens with zero attached hydrogens (tertiary/aromatic N) is 6. The first-order valence-corrected chi connectivity index (χ1v) is 11.1. The van der Waals surface area contributed by atoms with Gasteiger partial charge in [0.25, 0.3) is 11.8 Å². The maximum Gasteiger partial charge on any atom is 0.317 e. The first-order chi connectivity index (χ1) is 17.7. The zero-order valence-corrected chi connectivity index (χ0v) is 19.4. The lowest BCUT2D eigenvalue weighted by Gasteiger charge is -2.12. The van der Waals surface area contributed by atoms with E-state index in [2.05, 4.69) is 37.6 Å². The Labute approximate surface area is 207 Å². The predicted octanol–water partition coefficient (Wildman–Crippen LogP) is 4.31. The normalized spacial score (nSPS) is 15.0. The number of benzodiazepines with no additional fused rings is 1. The molecule has 36 heavy (non-hydrogen) atoms. The van der Waals surface area contributed by atoms with Gasteiger partial charge in [0.05, 0.1) is 17.0 Å². The van der Waals surface area contributed by atoms with Crippen LogP contribution in [0.1, 0.15) is 18.1 Å². The fourth-order valence-electron chi connectivity index (χ4n) is 3.68. The summed E-state index contributed by atoms with van der Waals surface area (Å²) in [6.45, 7) is 5.41. The highest BCUT2D eigenvalue weighted by atomic mass is 16.4. The number of rotatable bonds is 7. The molecule has 0 fully saturated rings. The van der Waals surface area contributed by atoms with Crippen LogP contribution in [0.4, 0.5) is 17.5 Å². The minimum Gasteiger partial charge on any atom is -0.403 e. The van der Waals surface area contributed by atoms with E-state index < -0.39 is 6.17 Å². The summed E-state index contributed by atoms with van der Waals surface area (Å²) in [7, 11) is 0. The van der Waals surface area contributed by atoms with Crippen molar-refractivity contribution in [2.24, 2.45) is 10.1 Å². The van der Waals surface area contributed by atoms with Crippen molar-refractivity contribution >= 4 is 35.9 Å². The quantitative estimate of drug-likeness (QED) is 0.300. The molecule has 178 valence electrons. The summed E-state index contributed by atoms with van der Waals surface area (Å²) >= 11 is 0. The van der Waals surface area contributed by atoms with Gasteiger partial charge in [0.2, 0.25) is 6.17 Å². The number of hydrogen-bond acceptors (Lipinski definition) is 9. The maximum absolute atomic E-state index is 13.0. The standard InChI is InChI=1S/C26H22N8O2/c1-3-15-34(27-2)21-14-13-18(16-28-21)25-32-33-26(36-25)31-23-24(35)29-20-12-8-7-11-19(20)22(30-23)17-9-5-4-6-10-17/h3-16,23H,2H2,1H3,(H,29,35)(H,31,33)/b15-3-. The van der Waals surface area contributed by atoms with E-state index in [4.69, 9.17) is 9.41 Å². The third kappa shape index (κ3) is 4.60. The van der Waals surface area contributed by atoms with Crippen LogP contribution in [0.2, 0.25) is 0 Å². The van der Waals surface area contributed by atoms with Crippen LogP contribution in [0.15, 0.2) is 99.7 Å². The number of pyridine rings is 1. The molecule has 0 bridgehead atoms. The molecule has 5 rings (SSSR count). The van der Waals surface area contributed by atoms with Gasteiger partial charge in [-0.2, -0.15) is 5.10 Å². The molecule has 2 N–H and O–H groups in total. The van der Waals surface area contributed by atoms with Crippen molar-refractivity contribution in [1.82, 2.24) is 15.2 Å². The average molecular weight is 479 g/mol. The maximum atomic E-state index is 13.0. The molecular formula is C26H22N8O2. The van der Waals surface area contributed by atoms with Gasteiger partial charge in [0.15, 0.2) is 5.82 Å². The monoisotopic (exact) mass is 478 g/mol. The number of allylic oxidation sites excluding steroid dienone is 1. The van der Waals surface area contributed by atoms with Gasteiger partial charge in [-0.05, 0) is 25.1 Å². The summed E-state index contributed by atoms with van der Waals surface area (Å²) in [5.41, 5.74) is 3.65. The molecule has 2 aromatic carbocycles. The first kappa shape index (κ1) is 22.7. The Bertz CT molecular complexity index is 1440. The van der Waals surface area contributed by atoms with Crippen LogP contribution in [0.5, 0.6) is 0 Å². The number of carbonyl (C=O) groups is 1. The predicted molar refractivity (Wildman–Crippen MR) is 139 cm³/mol. The van der Waals surface area contributed by atoms with Gasteiger partial charge in [-0.3, -0.25) is 4.79 Å². The fraction of sp³-hybridized carbons (Fsp3) is 0.0769. The smallest absolute Gasteiger partial charge is 0.317 e. The highest BCUT2D eigenvalue weighted by Gasteiger charge is 2.27. The number of aromatic nitrogens is 3. The highest BCUT2D eigenvalue weighted by Crippen LogP contribution is 2.26. The van der Waals surface area contributed by atoms with Gasteiger partial charge in [-0.1, -0.05) is 59.7 Å². The summed E-state index contributed by atoms with van der Waals surface area (Å²) < 4.78 is 5.77. The van der Waals surface area contributed by atoms with Crippen molar-refractivity contribution in [2.45, 2.75) is 13.1 Å². The number of benzene rings is 2. The van der Waals surface area contributed by atoms with Crippen LogP contribution in [-0.4, -0.2) is 39.7 Å². The lowest BCUT2D eigenvalue weighted by molar-refractivity contribution is -0.116. The topological polar surface area (TPSA) is 121 Å². The molecule has 1 amide bonds. The Hall–Kier alpha value is -5.12. The van der Waals surface area contributed by atoms with Crippen LogP contribution in [-0.2, 0) is 4.79 Å². The van der Waals surface area contributed by atoms with E-state index in [1.165, 1.54) is 5.01 Å². The van der Waals surface area contributed by atoms with Crippen molar-refractivity contribution in [3.63, 3.8) is 0 Å². The fourth-order valence-corrected chi connectivity index (χ4v) is 3.68. The van der Waals surface area contributed by atoms with Gasteiger partial charge in [-0.15, -0.1) is 5.10 Å². The number of aliphatic imine (C=N–C) groups is 1. The minimum atomic E-state index is -0.991. The van der Waals surface area contributed by atoms with E-state index >= 15 is 0 Å². The number of anilines is 3. The molecule has 0 aliphatic carbocycles. The van der Waals surface area contributed by atoms with Gasteiger partial charge < -0.3 is 15.1 Å². The Balaban J connectivity index is 1.41. The molecule has 0 saturated heterocycles. The third-order valence-electron chi connectivity index (χ3n) is 5.35. The number of para-hydroxylation sites is 1. The molecule has 10 nitrogen and oxygen atoms in total. The van der Waals surface area contributed by atoms with Crippen LogP contribution in [0.3, 0.4) is 0 Å². The Kier molecular flexibility index (Phi) is 6.31. The lowest BCUT2D eigenvalue weighted by atomic mass is 10.0. The summed E-state index contributed by atoms with van der Waals surface area (Å²) in [5, 5.41) is 19.4. The number of hydrogen-bond donors (Lipinski definition) is 2. The molecule has 1 unspecified atom stereocenters. The molecule has 10 heteroatoms. The zero-order valence-electron chi connectivity index (χ0n) is 19.4. The SMILES string of the molecule is C=NN(/C=C\C)c1ccc(-c2nnc(NC3N=C(c4ccccc4)c4ccccc4NC3=O)o2)cn1. The van der Waals surface area contributed by atoms with E-state index in [-0.39, 0.29) is 17.8 Å². The van der Waals surface area contributed by atoms with Gasteiger partial charge in [0, 0.05) is 30.2 Å². The average Bonchev–Trinajstić information content (AvgIpc) is 3.34. The second-order valence-electron chi connectivity index (χ2n) is 7.71. The van der Waals surface area contributed by atoms with Crippen LogP contribution in [0.25, 0.3) is 11.5 Å². The lowest BCUT2D eigenvalue weighted by Crippen LogP contribution is -2.32. The van der Waals surface area contributed by atoms with Gasteiger partial charge in [-0.25, -0.2) is 15.0 Å². The second-order valence-corrected chi connectivity index (χ2v) is 7.71. The molecular weight excluding hydrogens is 456 g/mol. The number of carbonyl (C=O) groups excluding carboxylic acids is 1. The van der Waals surface area contributed by atoms with Gasteiger partial charge in [0.1, 0.15) is 0 Å². The van der Waals surface area contributed by atoms with E-state index in [0.717, 1.165) is 11.1 Å². The number of fused-ring (bicyclic) bond motifs is 1. The van der Waals surface area contributed by atoms with Crippen LogP contribution in [0, 0.1) is 0 Å². The Morgan fingerprint density at radius 2 is 1.86 bits per heavy atom. The molecule has 3 heterocycles. The molecule has 1 aliphatic rings. The van der Waals surface area contributed by atoms with Crippen molar-refractivity contribution in [3.05, 3.63) is 96.3 Å². The van der Waals surface area contributed by atoms with Crippen molar-refractivity contribution in [1.29, 1.82) is 0 Å². The molecule has 0 spiro atoms. The summed E-state index contributed by atoms with van der Waals surface area (Å²) in [6.07, 6.45) is 4.17. The highest BCUT2D eigenvalue weighted by molar-refractivity contribution is 6.19. The summed E-state index contributed by atoms with van der Waals surface area (Å²) in [6, 6.07) is 20.8. The molecule has 1 atom stereocenters. The third-order valence-corrected chi connectivity index (χ3v) is 5.35. The summed E-state index contributed by atoms with van der Waals surface area (Å²) in [5.74, 6) is 0.479. The Morgan fingerprint density at radius 1 is 1.06 bits per heavy atom. The number of hydrazone groups is 1. The minimum absolute atomic E-state index is 0.0552. The number of amides is 1. The molecule has 2 aromatic heterocycles. The van der Waals surface area contributed by atoms with Gasteiger partial charge >= 0.3 is 6.01 Å². The van der Waals surface area contributed by atoms with Crippen molar-refractivity contribution in [3.8, 4) is 11.5 Å². The van der Waals surface area contributed by atoms with Crippen molar-refractivity contribution < 1.29 is 9.21 Å². The van der Waals surface area contributed by atoms with Crippen LogP contribution < -0.4 is 15.6 Å². The molecule has 0 saturated carbocycles. The summed E-state index contributed by atoms with van der Waals surface area (Å²) in [4.78, 5) is 22.1. The van der Waals surface area contributed by atoms with E-state index in [1.807, 2.05) is 67.6 Å². The van der Waals surface area contributed by atoms with Crippen molar-refractivity contribution in [2.75, 3.05) is 15.6 Å². The largest absolute Gasteiger partial charge is 0.403 e. The van der Waals surface area contributed by atoms with Crippen LogP contribution >= 0.6 is 0 Å². The van der Waals surface area contributed by atoms with E-state index in [9.17, 15) is 4.79 Å². The zero-order chi connectivity index (χ0) is 24.9.